The molecule has 0 atom stereocenters. The van der Waals surface area contributed by atoms with Gasteiger partial charge in [0.2, 0.25) is 5.91 Å². The van der Waals surface area contributed by atoms with Crippen LogP contribution in [0, 0.1) is 13.8 Å². The zero-order valence-corrected chi connectivity index (χ0v) is 13.1. The molecule has 0 heterocycles. The largest absolute Gasteiger partial charge is 0.492 e. The molecule has 0 aliphatic rings. The maximum Gasteiger partial charge on any atom is 0.233 e. The minimum Gasteiger partial charge on any atom is -0.492 e. The fourth-order valence-electron chi connectivity index (χ4n) is 1.52. The van der Waals surface area contributed by atoms with Crippen molar-refractivity contribution in [1.29, 1.82) is 0 Å². The highest BCUT2D eigenvalue weighted by Gasteiger charge is 2.07. The Kier molecular flexibility index (Phi) is 5.96. The quantitative estimate of drug-likeness (QED) is 0.774. The molecule has 1 aromatic rings. The highest BCUT2D eigenvalue weighted by molar-refractivity contribution is 9.09. The van der Waals surface area contributed by atoms with Crippen molar-refractivity contribution in [3.8, 4) is 5.75 Å². The SMILES string of the molecule is Cc1cc(OCCN(C)C(=O)CBr)cc(C)c1Cl. The van der Waals surface area contributed by atoms with Gasteiger partial charge in [0.25, 0.3) is 0 Å². The molecule has 0 radical (unpaired) electrons. The molecule has 1 rings (SSSR count). The molecule has 5 heteroatoms. The van der Waals surface area contributed by atoms with Gasteiger partial charge >= 0.3 is 0 Å². The van der Waals surface area contributed by atoms with E-state index < -0.39 is 0 Å². The van der Waals surface area contributed by atoms with Gasteiger partial charge in [-0.15, -0.1) is 0 Å². The first kappa shape index (κ1) is 15.3. The first-order valence-corrected chi connectivity index (χ1v) is 7.15. The van der Waals surface area contributed by atoms with E-state index in [0.717, 1.165) is 21.9 Å². The number of likely N-dealkylation sites (N-methyl/N-ethyl adjacent to an activating group) is 1. The van der Waals surface area contributed by atoms with Crippen molar-refractivity contribution in [3.63, 3.8) is 0 Å². The number of benzene rings is 1. The fraction of sp³-hybridized carbons (Fsp3) is 0.462. The molecule has 0 spiro atoms. The number of ether oxygens (including phenoxy) is 1. The van der Waals surface area contributed by atoms with Crippen LogP contribution in [0.4, 0.5) is 0 Å². The molecule has 3 nitrogen and oxygen atoms in total. The molecule has 0 fully saturated rings. The summed E-state index contributed by atoms with van der Waals surface area (Å²) in [6.07, 6.45) is 0. The van der Waals surface area contributed by atoms with E-state index in [0.29, 0.717) is 18.5 Å². The fourth-order valence-corrected chi connectivity index (χ4v) is 2.05. The molecule has 100 valence electrons. The van der Waals surface area contributed by atoms with Crippen LogP contribution in [-0.4, -0.2) is 36.3 Å². The van der Waals surface area contributed by atoms with Crippen molar-refractivity contribution in [2.45, 2.75) is 13.8 Å². The summed E-state index contributed by atoms with van der Waals surface area (Å²) in [6, 6.07) is 3.81. The zero-order chi connectivity index (χ0) is 13.7. The van der Waals surface area contributed by atoms with E-state index in [1.165, 1.54) is 0 Å². The lowest BCUT2D eigenvalue weighted by Crippen LogP contribution is -2.31. The smallest absolute Gasteiger partial charge is 0.233 e. The van der Waals surface area contributed by atoms with Crippen LogP contribution < -0.4 is 4.74 Å². The Labute approximate surface area is 121 Å². The van der Waals surface area contributed by atoms with Crippen molar-refractivity contribution in [1.82, 2.24) is 4.90 Å². The van der Waals surface area contributed by atoms with Crippen molar-refractivity contribution in [3.05, 3.63) is 28.3 Å². The summed E-state index contributed by atoms with van der Waals surface area (Å²) in [4.78, 5) is 12.9. The van der Waals surface area contributed by atoms with Crippen LogP contribution in [0.5, 0.6) is 5.75 Å². The number of halogens is 2. The van der Waals surface area contributed by atoms with Crippen LogP contribution in [-0.2, 0) is 4.79 Å². The molecule has 0 aliphatic carbocycles. The van der Waals surface area contributed by atoms with Crippen LogP contribution in [0.3, 0.4) is 0 Å². The number of carbonyl (C=O) groups excluding carboxylic acids is 1. The van der Waals surface area contributed by atoms with Gasteiger partial charge in [0, 0.05) is 12.1 Å². The van der Waals surface area contributed by atoms with E-state index in [4.69, 9.17) is 16.3 Å². The van der Waals surface area contributed by atoms with Crippen molar-refractivity contribution in [2.75, 3.05) is 25.5 Å². The third-order valence-electron chi connectivity index (χ3n) is 2.65. The number of carbonyl (C=O) groups is 1. The van der Waals surface area contributed by atoms with Gasteiger partial charge < -0.3 is 9.64 Å². The van der Waals surface area contributed by atoms with E-state index in [9.17, 15) is 4.79 Å². The average Bonchev–Trinajstić information content (AvgIpc) is 2.34. The van der Waals surface area contributed by atoms with Gasteiger partial charge in [-0.3, -0.25) is 4.79 Å². The Hall–Kier alpha value is -0.740. The lowest BCUT2D eigenvalue weighted by Gasteiger charge is -2.16. The molecular formula is C13H17BrClNO2. The van der Waals surface area contributed by atoms with Gasteiger partial charge in [0.05, 0.1) is 11.9 Å². The van der Waals surface area contributed by atoms with E-state index in [1.54, 1.807) is 11.9 Å². The van der Waals surface area contributed by atoms with Crippen LogP contribution >= 0.6 is 27.5 Å². The van der Waals surface area contributed by atoms with E-state index in [1.807, 2.05) is 26.0 Å². The molecule has 0 aliphatic heterocycles. The minimum absolute atomic E-state index is 0.0436. The molecular weight excluding hydrogens is 318 g/mol. The number of alkyl halides is 1. The molecule has 0 unspecified atom stereocenters. The van der Waals surface area contributed by atoms with Crippen LogP contribution in [0.25, 0.3) is 0 Å². The number of hydrogen-bond acceptors (Lipinski definition) is 2. The first-order chi connectivity index (χ1) is 8.45. The predicted molar refractivity (Wildman–Crippen MR) is 77.9 cm³/mol. The molecule has 1 amide bonds. The molecule has 0 bridgehead atoms. The van der Waals surface area contributed by atoms with Gasteiger partial charge in [-0.25, -0.2) is 0 Å². The van der Waals surface area contributed by atoms with Crippen molar-refractivity contribution in [2.24, 2.45) is 0 Å². The minimum atomic E-state index is 0.0436. The number of amides is 1. The Morgan fingerprint density at radius 2 is 1.94 bits per heavy atom. The molecule has 1 aromatic carbocycles. The lowest BCUT2D eigenvalue weighted by molar-refractivity contribution is -0.127. The summed E-state index contributed by atoms with van der Waals surface area (Å²) in [5.74, 6) is 0.830. The zero-order valence-electron chi connectivity index (χ0n) is 10.8. The van der Waals surface area contributed by atoms with E-state index in [-0.39, 0.29) is 5.91 Å². The second-order valence-electron chi connectivity index (χ2n) is 4.17. The monoisotopic (exact) mass is 333 g/mol. The third-order valence-corrected chi connectivity index (χ3v) is 3.72. The predicted octanol–water partition coefficient (Wildman–Crippen LogP) is 3.19. The lowest BCUT2D eigenvalue weighted by atomic mass is 10.1. The Morgan fingerprint density at radius 3 is 2.44 bits per heavy atom. The van der Waals surface area contributed by atoms with Crippen LogP contribution in [0.2, 0.25) is 5.02 Å². The molecule has 0 saturated heterocycles. The van der Waals surface area contributed by atoms with E-state index >= 15 is 0 Å². The summed E-state index contributed by atoms with van der Waals surface area (Å²) in [6.45, 7) is 4.92. The van der Waals surface area contributed by atoms with Crippen molar-refractivity contribution >= 4 is 33.4 Å². The van der Waals surface area contributed by atoms with Crippen LogP contribution in [0.15, 0.2) is 12.1 Å². The topological polar surface area (TPSA) is 29.5 Å². The molecule has 0 aromatic heterocycles. The Bertz CT molecular complexity index is 414. The molecule has 18 heavy (non-hydrogen) atoms. The number of hydrogen-bond donors (Lipinski definition) is 0. The summed E-state index contributed by atoms with van der Waals surface area (Å²) in [5, 5.41) is 1.11. The Morgan fingerprint density at radius 1 is 1.39 bits per heavy atom. The number of nitrogens with zero attached hydrogens (tertiary/aromatic N) is 1. The highest BCUT2D eigenvalue weighted by Crippen LogP contribution is 2.25. The van der Waals surface area contributed by atoms with Gasteiger partial charge in [-0.05, 0) is 37.1 Å². The molecule has 0 saturated carbocycles. The maximum atomic E-state index is 11.3. The summed E-state index contributed by atoms with van der Waals surface area (Å²) in [5.41, 5.74) is 1.99. The highest BCUT2D eigenvalue weighted by atomic mass is 79.9. The number of aryl methyl sites for hydroxylation is 2. The number of rotatable bonds is 5. The Balaban J connectivity index is 2.52. The standard InChI is InChI=1S/C13H17BrClNO2/c1-9-6-11(7-10(2)13(9)15)18-5-4-16(3)12(17)8-14/h6-7H,4-5,8H2,1-3H3. The van der Waals surface area contributed by atoms with Gasteiger partial charge in [-0.1, -0.05) is 27.5 Å². The van der Waals surface area contributed by atoms with Crippen molar-refractivity contribution < 1.29 is 9.53 Å². The third kappa shape index (κ3) is 4.18. The summed E-state index contributed by atoms with van der Waals surface area (Å²) < 4.78 is 5.62. The summed E-state index contributed by atoms with van der Waals surface area (Å²) in [7, 11) is 1.76. The van der Waals surface area contributed by atoms with Gasteiger partial charge in [-0.2, -0.15) is 0 Å². The van der Waals surface area contributed by atoms with Crippen LogP contribution in [0.1, 0.15) is 11.1 Å². The first-order valence-electron chi connectivity index (χ1n) is 5.65. The molecule has 0 N–H and O–H groups in total. The maximum absolute atomic E-state index is 11.3. The second-order valence-corrected chi connectivity index (χ2v) is 5.11. The van der Waals surface area contributed by atoms with Gasteiger partial charge in [0.1, 0.15) is 12.4 Å². The van der Waals surface area contributed by atoms with E-state index in [2.05, 4.69) is 15.9 Å². The average molecular weight is 335 g/mol. The normalized spacial score (nSPS) is 10.3. The van der Waals surface area contributed by atoms with Gasteiger partial charge in [0.15, 0.2) is 0 Å². The summed E-state index contributed by atoms with van der Waals surface area (Å²) >= 11 is 9.21. The second kappa shape index (κ2) is 7.00.